The molecular weight excluding hydrogens is 444 g/mol. The summed E-state index contributed by atoms with van der Waals surface area (Å²) in [6.07, 6.45) is 6.40. The third kappa shape index (κ3) is 2.98. The van der Waals surface area contributed by atoms with Crippen LogP contribution in [0.2, 0.25) is 13.1 Å². The molecule has 5 aliphatic rings. The summed E-state index contributed by atoms with van der Waals surface area (Å²) in [6, 6.07) is 8.67. The SMILES string of the molecule is CC1=C2C3=NC=CC3=C1[Si]2(C)C.CC1=Cc2ccccc2[CH]1[Zr+2].[Cl-].[Cl-]. The summed E-state index contributed by atoms with van der Waals surface area (Å²) in [5.41, 5.74) is 8.74. The molecule has 1 aromatic carbocycles. The largest absolute Gasteiger partial charge is 1.00 e. The Labute approximate surface area is 178 Å². The first-order valence-electron chi connectivity index (χ1n) is 8.12. The van der Waals surface area contributed by atoms with Crippen LogP contribution >= 0.6 is 0 Å². The topological polar surface area (TPSA) is 12.4 Å². The molecule has 127 valence electrons. The van der Waals surface area contributed by atoms with Crippen LogP contribution < -0.4 is 24.8 Å². The van der Waals surface area contributed by atoms with E-state index in [4.69, 9.17) is 0 Å². The third-order valence-electron chi connectivity index (χ3n) is 5.35. The molecule has 6 rings (SSSR count). The number of nitrogens with zero attached hydrogens (tertiary/aromatic N) is 1. The molecule has 0 radical (unpaired) electrons. The van der Waals surface area contributed by atoms with E-state index in [1.807, 2.05) is 6.20 Å². The molecule has 2 aliphatic carbocycles. The van der Waals surface area contributed by atoms with Crippen molar-refractivity contribution in [1.29, 1.82) is 0 Å². The zero-order valence-corrected chi connectivity index (χ0v) is 19.8. The van der Waals surface area contributed by atoms with E-state index in [0.717, 1.165) is 3.63 Å². The summed E-state index contributed by atoms with van der Waals surface area (Å²) in [5.74, 6) is 0. The average Bonchev–Trinajstić information content (AvgIpc) is 3.18. The van der Waals surface area contributed by atoms with Crippen LogP contribution in [0.25, 0.3) is 6.08 Å². The monoisotopic (exact) mass is 462 g/mol. The fraction of sp³-hybridized carbons (Fsp3) is 0.250. The minimum absolute atomic E-state index is 0. The van der Waals surface area contributed by atoms with Crippen molar-refractivity contribution in [3.8, 4) is 0 Å². The number of hydrogen-bond acceptors (Lipinski definition) is 1. The second kappa shape index (κ2) is 7.27. The number of hydrogen-bond donors (Lipinski definition) is 0. The molecule has 2 bridgehead atoms. The van der Waals surface area contributed by atoms with Gasteiger partial charge in [-0.3, -0.25) is 4.99 Å². The number of rotatable bonds is 0. The fourth-order valence-electron chi connectivity index (χ4n) is 4.35. The van der Waals surface area contributed by atoms with Crippen molar-refractivity contribution in [3.05, 3.63) is 74.8 Å². The van der Waals surface area contributed by atoms with Gasteiger partial charge in [0.15, 0.2) is 0 Å². The summed E-state index contributed by atoms with van der Waals surface area (Å²) in [6.45, 7) is 9.31. The Morgan fingerprint density at radius 1 is 1.04 bits per heavy atom. The van der Waals surface area contributed by atoms with Crippen molar-refractivity contribution in [2.24, 2.45) is 4.99 Å². The molecule has 0 saturated carbocycles. The van der Waals surface area contributed by atoms with Gasteiger partial charge < -0.3 is 24.8 Å². The van der Waals surface area contributed by atoms with E-state index in [2.05, 4.69) is 68.4 Å². The number of allylic oxidation sites excluding steroid dienone is 6. The molecule has 0 amide bonds. The van der Waals surface area contributed by atoms with Gasteiger partial charge >= 0.3 is 82.3 Å². The van der Waals surface area contributed by atoms with Crippen LogP contribution in [0.15, 0.2) is 68.6 Å². The summed E-state index contributed by atoms with van der Waals surface area (Å²) in [7, 11) is -1.13. The van der Waals surface area contributed by atoms with Crippen molar-refractivity contribution in [1.82, 2.24) is 0 Å². The first kappa shape index (κ1) is 20.8. The van der Waals surface area contributed by atoms with Crippen molar-refractivity contribution in [2.45, 2.75) is 30.6 Å². The van der Waals surface area contributed by atoms with Crippen LogP contribution in [0, 0.1) is 0 Å². The smallest absolute Gasteiger partial charge is 1.00 e. The Kier molecular flexibility index (Phi) is 6.06. The quantitative estimate of drug-likeness (QED) is 0.441. The van der Waals surface area contributed by atoms with E-state index >= 15 is 0 Å². The van der Waals surface area contributed by atoms with E-state index in [0.29, 0.717) is 0 Å². The van der Waals surface area contributed by atoms with Crippen LogP contribution in [0.1, 0.15) is 28.6 Å². The molecule has 0 N–H and O–H groups in total. The molecule has 1 atom stereocenters. The Hall–Kier alpha value is -0.470. The van der Waals surface area contributed by atoms with Crippen LogP contribution in [0.5, 0.6) is 0 Å². The first-order chi connectivity index (χ1) is 10.9. The Balaban J connectivity index is 0.000000168. The van der Waals surface area contributed by atoms with Gasteiger partial charge in [0.05, 0.1) is 5.71 Å². The van der Waals surface area contributed by atoms with Gasteiger partial charge in [0.1, 0.15) is 8.07 Å². The predicted octanol–water partition coefficient (Wildman–Crippen LogP) is -0.919. The molecule has 1 aromatic rings. The maximum Gasteiger partial charge on any atom is -1.00 e. The molecule has 0 saturated heterocycles. The molecule has 25 heavy (non-hydrogen) atoms. The maximum atomic E-state index is 4.42. The summed E-state index contributed by atoms with van der Waals surface area (Å²) in [4.78, 5) is 4.42. The zero-order valence-electron chi connectivity index (χ0n) is 14.8. The van der Waals surface area contributed by atoms with Gasteiger partial charge in [0, 0.05) is 11.8 Å². The molecule has 1 nitrogen and oxygen atoms in total. The van der Waals surface area contributed by atoms with E-state index in [1.54, 1.807) is 35.1 Å². The number of aliphatic imine (C=N–C) groups is 1. The van der Waals surface area contributed by atoms with E-state index in [-0.39, 0.29) is 24.8 Å². The van der Waals surface area contributed by atoms with E-state index in [9.17, 15) is 0 Å². The second-order valence-electron chi connectivity index (χ2n) is 7.16. The average molecular weight is 465 g/mol. The summed E-state index contributed by atoms with van der Waals surface area (Å²) < 4.78 is 0.721. The van der Waals surface area contributed by atoms with Gasteiger partial charge in [-0.05, 0) is 29.0 Å². The van der Waals surface area contributed by atoms with Crippen molar-refractivity contribution in [3.63, 3.8) is 0 Å². The van der Waals surface area contributed by atoms with Gasteiger partial charge in [-0.2, -0.15) is 0 Å². The summed E-state index contributed by atoms with van der Waals surface area (Å²) in [5, 5.41) is 3.27. The Bertz CT molecular complexity index is 891. The van der Waals surface area contributed by atoms with Crippen molar-refractivity contribution < 1.29 is 49.5 Å². The Morgan fingerprint density at radius 2 is 1.72 bits per heavy atom. The van der Waals surface area contributed by atoms with Gasteiger partial charge in [0.25, 0.3) is 0 Å². The molecule has 3 aliphatic heterocycles. The minimum atomic E-state index is -1.13. The third-order valence-corrected chi connectivity index (χ3v) is 11.0. The van der Waals surface area contributed by atoms with Crippen molar-refractivity contribution >= 4 is 19.9 Å². The van der Waals surface area contributed by atoms with Crippen molar-refractivity contribution in [2.75, 3.05) is 0 Å². The van der Waals surface area contributed by atoms with Gasteiger partial charge in [0.2, 0.25) is 0 Å². The standard InChI is InChI=1S/C10H11NSi.C10H9.2ClH.Zr/c1-6-9-7-4-5-11-8(7)10(6)12(9,2)3;1-8-6-9-4-2-3-5-10(9)7-8;;;/h4-5H,1-3H3;2-7H,1H3;2*1H;/q;;;;+2/p-2. The van der Waals surface area contributed by atoms with Gasteiger partial charge in [-0.25, -0.2) is 0 Å². The molecule has 1 unspecified atom stereocenters. The van der Waals surface area contributed by atoms with Crippen LogP contribution in [-0.2, 0) is 24.7 Å². The van der Waals surface area contributed by atoms with Crippen LogP contribution in [0.3, 0.4) is 0 Å². The number of benzene rings is 1. The number of halogens is 2. The van der Waals surface area contributed by atoms with E-state index in [1.165, 1.54) is 33.6 Å². The summed E-state index contributed by atoms with van der Waals surface area (Å²) >= 11 is 1.60. The second-order valence-corrected chi connectivity index (χ2v) is 12.8. The van der Waals surface area contributed by atoms with Crippen LogP contribution in [0.4, 0.5) is 0 Å². The number of fused-ring (bicyclic) bond motifs is 1. The molecule has 0 spiro atoms. The van der Waals surface area contributed by atoms with Gasteiger partial charge in [-0.1, -0.05) is 13.1 Å². The maximum absolute atomic E-state index is 4.42. The molecule has 0 aromatic heterocycles. The van der Waals surface area contributed by atoms with Crippen LogP contribution in [-0.4, -0.2) is 13.8 Å². The Morgan fingerprint density at radius 3 is 2.32 bits per heavy atom. The van der Waals surface area contributed by atoms with Gasteiger partial charge in [-0.15, -0.1) is 0 Å². The normalized spacial score (nSPS) is 22.7. The molecule has 0 fully saturated rings. The molecule has 3 heterocycles. The van der Waals surface area contributed by atoms with E-state index < -0.39 is 8.07 Å². The molecular formula is C20H20Cl2NSiZr. The molecule has 5 heteroatoms. The minimum Gasteiger partial charge on any atom is -1.00 e. The fourth-order valence-corrected chi connectivity index (χ4v) is 9.06. The zero-order chi connectivity index (χ0) is 16.4. The first-order valence-corrected chi connectivity index (χ1v) is 12.5. The predicted molar refractivity (Wildman–Crippen MR) is 96.6 cm³/mol.